The van der Waals surface area contributed by atoms with E-state index in [4.69, 9.17) is 0 Å². The molecule has 0 aliphatic heterocycles. The molecule has 1 atom stereocenters. The normalized spacial score (nSPS) is 13.2. The zero-order valence-corrected chi connectivity index (χ0v) is 9.75. The third-order valence-electron chi connectivity index (χ3n) is 2.49. The Kier molecular flexibility index (Phi) is 9.71. The molecule has 0 heterocycles. The van der Waals surface area contributed by atoms with Crippen LogP contribution in [-0.4, -0.2) is 12.0 Å². The second kappa shape index (κ2) is 9.44. The number of hydrogen-bond donors (Lipinski definition) is 0. The van der Waals surface area contributed by atoms with Crippen LogP contribution in [0.1, 0.15) is 52.4 Å². The zero-order chi connectivity index (χ0) is 9.23. The fourth-order valence-corrected chi connectivity index (χ4v) is 2.13. The quantitative estimate of drug-likeness (QED) is 0.510. The van der Waals surface area contributed by atoms with Gasteiger partial charge in [0.05, 0.1) is 0 Å². The van der Waals surface area contributed by atoms with Crippen LogP contribution in [0.25, 0.3) is 0 Å². The molecule has 0 radical (unpaired) electrons. The first-order chi connectivity index (χ1) is 5.85. The van der Waals surface area contributed by atoms with E-state index in [1.54, 1.807) is 0 Å². The number of unbranched alkanes of at least 4 members (excludes halogenated alkanes) is 1. The van der Waals surface area contributed by atoms with Gasteiger partial charge in [0.15, 0.2) is 0 Å². The van der Waals surface area contributed by atoms with Gasteiger partial charge in [0.25, 0.3) is 0 Å². The molecule has 0 aromatic carbocycles. The van der Waals surface area contributed by atoms with Crippen LogP contribution in [0.15, 0.2) is 0 Å². The lowest BCUT2D eigenvalue weighted by Crippen LogP contribution is -1.98. The molecule has 0 unspecified atom stereocenters. The monoisotopic (exact) mass is 188 g/mol. The molecule has 74 valence electrons. The van der Waals surface area contributed by atoms with Crippen molar-refractivity contribution in [3.63, 3.8) is 0 Å². The average Bonchev–Trinajstić information content (AvgIpc) is 2.10. The van der Waals surface area contributed by atoms with Gasteiger partial charge in [0.2, 0.25) is 0 Å². The van der Waals surface area contributed by atoms with Gasteiger partial charge in [-0.15, -0.1) is 0 Å². The van der Waals surface area contributed by atoms with E-state index in [0.29, 0.717) is 0 Å². The van der Waals surface area contributed by atoms with Crippen LogP contribution in [-0.2, 0) is 0 Å². The van der Waals surface area contributed by atoms with Gasteiger partial charge < -0.3 is 0 Å². The molecule has 0 saturated heterocycles. The first-order valence-corrected chi connectivity index (χ1v) is 6.73. The maximum absolute atomic E-state index is 2.33. The molecule has 0 nitrogen and oxygen atoms in total. The molecular weight excluding hydrogens is 164 g/mol. The SMILES string of the molecule is CCC[C@@H](CC)CCCCSC. The summed E-state index contributed by atoms with van der Waals surface area (Å²) in [5.41, 5.74) is 0. The van der Waals surface area contributed by atoms with Crippen LogP contribution < -0.4 is 0 Å². The van der Waals surface area contributed by atoms with Crippen LogP contribution in [0.3, 0.4) is 0 Å². The molecule has 0 aliphatic carbocycles. The summed E-state index contributed by atoms with van der Waals surface area (Å²) in [7, 11) is 0. The Morgan fingerprint density at radius 2 is 1.83 bits per heavy atom. The first-order valence-electron chi connectivity index (χ1n) is 5.34. The molecule has 1 heteroatoms. The highest BCUT2D eigenvalue weighted by atomic mass is 32.2. The maximum Gasteiger partial charge on any atom is -0.00703 e. The molecule has 0 fully saturated rings. The number of hydrogen-bond acceptors (Lipinski definition) is 1. The van der Waals surface area contributed by atoms with Crippen molar-refractivity contribution < 1.29 is 0 Å². The van der Waals surface area contributed by atoms with E-state index in [2.05, 4.69) is 20.1 Å². The lowest BCUT2D eigenvalue weighted by Gasteiger charge is -2.12. The third-order valence-corrected chi connectivity index (χ3v) is 3.18. The van der Waals surface area contributed by atoms with Crippen molar-refractivity contribution in [2.75, 3.05) is 12.0 Å². The van der Waals surface area contributed by atoms with E-state index >= 15 is 0 Å². The second-order valence-electron chi connectivity index (χ2n) is 3.55. The van der Waals surface area contributed by atoms with Gasteiger partial charge in [-0.2, -0.15) is 11.8 Å². The van der Waals surface area contributed by atoms with Crippen molar-refractivity contribution in [3.05, 3.63) is 0 Å². The maximum atomic E-state index is 2.33. The minimum atomic E-state index is 1.01. The minimum Gasteiger partial charge on any atom is -0.165 e. The van der Waals surface area contributed by atoms with Crippen molar-refractivity contribution in [1.29, 1.82) is 0 Å². The highest BCUT2D eigenvalue weighted by Gasteiger charge is 2.03. The van der Waals surface area contributed by atoms with Crippen molar-refractivity contribution in [2.24, 2.45) is 5.92 Å². The van der Waals surface area contributed by atoms with Crippen LogP contribution in [0.4, 0.5) is 0 Å². The predicted octanol–water partition coefficient (Wildman–Crippen LogP) is 4.35. The van der Waals surface area contributed by atoms with E-state index in [9.17, 15) is 0 Å². The van der Waals surface area contributed by atoms with Gasteiger partial charge >= 0.3 is 0 Å². The molecule has 0 aromatic rings. The summed E-state index contributed by atoms with van der Waals surface area (Å²) < 4.78 is 0. The van der Waals surface area contributed by atoms with Crippen LogP contribution in [0.2, 0.25) is 0 Å². The fourth-order valence-electron chi connectivity index (χ4n) is 1.64. The summed E-state index contributed by atoms with van der Waals surface area (Å²) in [5, 5.41) is 0. The summed E-state index contributed by atoms with van der Waals surface area (Å²) >= 11 is 1.97. The van der Waals surface area contributed by atoms with Crippen molar-refractivity contribution >= 4 is 11.8 Å². The van der Waals surface area contributed by atoms with Gasteiger partial charge in [-0.1, -0.05) is 46.0 Å². The van der Waals surface area contributed by atoms with Crippen LogP contribution in [0.5, 0.6) is 0 Å². The Balaban J connectivity index is 3.19. The van der Waals surface area contributed by atoms with Crippen LogP contribution >= 0.6 is 11.8 Å². The van der Waals surface area contributed by atoms with E-state index < -0.39 is 0 Å². The Morgan fingerprint density at radius 1 is 1.08 bits per heavy atom. The Bertz CT molecular complexity index is 81.1. The lowest BCUT2D eigenvalue weighted by molar-refractivity contribution is 0.418. The number of rotatable bonds is 8. The Morgan fingerprint density at radius 3 is 2.33 bits per heavy atom. The smallest absolute Gasteiger partial charge is 0.00703 e. The number of thioether (sulfide) groups is 1. The standard InChI is InChI=1S/C11H24S/c1-4-8-11(5-2)9-6-7-10-12-3/h11H,4-10H2,1-3H3/t11-/m1/s1. The lowest BCUT2D eigenvalue weighted by atomic mass is 9.95. The molecule has 0 amide bonds. The molecular formula is C11H24S. The topological polar surface area (TPSA) is 0 Å². The van der Waals surface area contributed by atoms with E-state index in [1.807, 2.05) is 11.8 Å². The molecule has 0 bridgehead atoms. The third kappa shape index (κ3) is 7.02. The summed E-state index contributed by atoms with van der Waals surface area (Å²) in [4.78, 5) is 0. The van der Waals surface area contributed by atoms with Gasteiger partial charge in [-0.05, 0) is 24.3 Å². The zero-order valence-electron chi connectivity index (χ0n) is 8.94. The molecule has 0 aromatic heterocycles. The van der Waals surface area contributed by atoms with Crippen molar-refractivity contribution in [3.8, 4) is 0 Å². The molecule has 0 N–H and O–H groups in total. The average molecular weight is 188 g/mol. The summed E-state index contributed by atoms with van der Waals surface area (Å²) in [6, 6.07) is 0. The molecule has 12 heavy (non-hydrogen) atoms. The summed E-state index contributed by atoms with van der Waals surface area (Å²) in [5.74, 6) is 2.36. The molecule has 0 aliphatic rings. The molecule has 0 saturated carbocycles. The fraction of sp³-hybridized carbons (Fsp3) is 1.00. The highest BCUT2D eigenvalue weighted by molar-refractivity contribution is 7.98. The molecule has 0 rings (SSSR count). The Hall–Kier alpha value is 0.350. The van der Waals surface area contributed by atoms with E-state index in [1.165, 1.54) is 44.3 Å². The van der Waals surface area contributed by atoms with Gasteiger partial charge in [0.1, 0.15) is 0 Å². The minimum absolute atomic E-state index is 1.01. The Labute approximate surface area is 82.5 Å². The molecule has 0 spiro atoms. The summed E-state index contributed by atoms with van der Waals surface area (Å²) in [6.45, 7) is 4.62. The van der Waals surface area contributed by atoms with Gasteiger partial charge in [-0.25, -0.2) is 0 Å². The van der Waals surface area contributed by atoms with Gasteiger partial charge in [-0.3, -0.25) is 0 Å². The van der Waals surface area contributed by atoms with E-state index in [-0.39, 0.29) is 0 Å². The second-order valence-corrected chi connectivity index (χ2v) is 4.54. The first kappa shape index (κ1) is 12.3. The van der Waals surface area contributed by atoms with Gasteiger partial charge in [0, 0.05) is 0 Å². The summed E-state index contributed by atoms with van der Waals surface area (Å²) in [6.07, 6.45) is 10.7. The van der Waals surface area contributed by atoms with Crippen molar-refractivity contribution in [1.82, 2.24) is 0 Å². The van der Waals surface area contributed by atoms with Crippen molar-refractivity contribution in [2.45, 2.75) is 52.4 Å². The highest BCUT2D eigenvalue weighted by Crippen LogP contribution is 2.18. The van der Waals surface area contributed by atoms with E-state index in [0.717, 1.165) is 5.92 Å². The predicted molar refractivity (Wildman–Crippen MR) is 60.9 cm³/mol. The van der Waals surface area contributed by atoms with Crippen LogP contribution in [0, 0.1) is 5.92 Å². The largest absolute Gasteiger partial charge is 0.165 e.